The zero-order chi connectivity index (χ0) is 13.5. The second kappa shape index (κ2) is 6.44. The minimum Gasteiger partial charge on any atom is -0.445 e. The van der Waals surface area contributed by atoms with Crippen LogP contribution in [-0.2, 0) is 14.3 Å². The quantitative estimate of drug-likeness (QED) is 0.397. The maximum atomic E-state index is 11.6. The first-order valence-electron chi connectivity index (χ1n) is 4.20. The first kappa shape index (κ1) is 14.8. The van der Waals surface area contributed by atoms with Gasteiger partial charge in [0, 0.05) is 13.0 Å². The van der Waals surface area contributed by atoms with Crippen LogP contribution in [0.15, 0.2) is 0 Å². The molecule has 0 aromatic rings. The molecule has 17 heavy (non-hydrogen) atoms. The SMILES string of the molecule is C#CCN(C)C(=O)C(=O)OCC#CC(F)(F)F. The summed E-state index contributed by atoms with van der Waals surface area (Å²) in [6.07, 6.45) is 0.237. The van der Waals surface area contributed by atoms with Crippen LogP contribution >= 0.6 is 0 Å². The van der Waals surface area contributed by atoms with Gasteiger partial charge in [-0.25, -0.2) is 4.79 Å². The summed E-state index contributed by atoms with van der Waals surface area (Å²) in [6, 6.07) is 0. The van der Waals surface area contributed by atoms with Gasteiger partial charge in [0.15, 0.2) is 6.61 Å². The van der Waals surface area contributed by atoms with Crippen LogP contribution in [0.1, 0.15) is 0 Å². The second-order valence-corrected chi connectivity index (χ2v) is 2.74. The summed E-state index contributed by atoms with van der Waals surface area (Å²) in [5.74, 6) is 2.20. The number of hydrogen-bond donors (Lipinski definition) is 0. The molecule has 0 radical (unpaired) electrons. The fourth-order valence-corrected chi connectivity index (χ4v) is 0.664. The molecule has 7 heteroatoms. The molecule has 4 nitrogen and oxygen atoms in total. The van der Waals surface area contributed by atoms with Gasteiger partial charge in [-0.2, -0.15) is 13.2 Å². The van der Waals surface area contributed by atoms with E-state index >= 15 is 0 Å². The van der Waals surface area contributed by atoms with Crippen LogP contribution in [0.5, 0.6) is 0 Å². The van der Waals surface area contributed by atoms with Crippen molar-refractivity contribution in [1.82, 2.24) is 4.90 Å². The summed E-state index contributed by atoms with van der Waals surface area (Å²) < 4.78 is 38.9. The number of carbonyl (C=O) groups excluding carboxylic acids is 2. The van der Waals surface area contributed by atoms with E-state index in [1.54, 1.807) is 5.92 Å². The predicted octanol–water partition coefficient (Wildman–Crippen LogP) is 0.187. The van der Waals surface area contributed by atoms with Gasteiger partial charge >= 0.3 is 18.1 Å². The van der Waals surface area contributed by atoms with E-state index in [4.69, 9.17) is 6.42 Å². The minimum atomic E-state index is -4.66. The van der Waals surface area contributed by atoms with E-state index in [-0.39, 0.29) is 6.54 Å². The van der Waals surface area contributed by atoms with Crippen molar-refractivity contribution in [2.24, 2.45) is 0 Å². The number of rotatable bonds is 2. The maximum Gasteiger partial charge on any atom is 0.457 e. The molecule has 0 saturated carbocycles. The van der Waals surface area contributed by atoms with Crippen LogP contribution in [0.2, 0.25) is 0 Å². The van der Waals surface area contributed by atoms with E-state index in [1.807, 2.05) is 0 Å². The largest absolute Gasteiger partial charge is 0.457 e. The fraction of sp³-hybridized carbons (Fsp3) is 0.400. The third kappa shape index (κ3) is 6.85. The van der Waals surface area contributed by atoms with E-state index in [0.717, 1.165) is 10.8 Å². The Kier molecular flexibility index (Phi) is 5.62. The molecule has 0 aromatic carbocycles. The molecule has 0 aliphatic rings. The first-order chi connectivity index (χ1) is 7.78. The van der Waals surface area contributed by atoms with E-state index in [0.29, 0.717) is 0 Å². The van der Waals surface area contributed by atoms with Gasteiger partial charge in [0.1, 0.15) is 0 Å². The molecule has 0 unspecified atom stereocenters. The topological polar surface area (TPSA) is 46.6 Å². The van der Waals surface area contributed by atoms with Crippen molar-refractivity contribution in [3.8, 4) is 24.2 Å². The van der Waals surface area contributed by atoms with Crippen molar-refractivity contribution in [1.29, 1.82) is 0 Å². The van der Waals surface area contributed by atoms with Gasteiger partial charge in [0.05, 0.1) is 6.54 Å². The van der Waals surface area contributed by atoms with Gasteiger partial charge in [0.25, 0.3) is 0 Å². The predicted molar refractivity (Wildman–Crippen MR) is 51.3 cm³/mol. The number of esters is 1. The van der Waals surface area contributed by atoms with E-state index in [1.165, 1.54) is 7.05 Å². The summed E-state index contributed by atoms with van der Waals surface area (Å²) in [6.45, 7) is -0.920. The van der Waals surface area contributed by atoms with Crippen LogP contribution in [0, 0.1) is 24.2 Å². The van der Waals surface area contributed by atoms with Crippen LogP contribution in [0.4, 0.5) is 13.2 Å². The molecule has 0 N–H and O–H groups in total. The lowest BCUT2D eigenvalue weighted by Gasteiger charge is -2.11. The van der Waals surface area contributed by atoms with E-state index < -0.39 is 24.7 Å². The highest BCUT2D eigenvalue weighted by atomic mass is 19.4. The van der Waals surface area contributed by atoms with Gasteiger partial charge in [-0.05, 0) is 0 Å². The first-order valence-corrected chi connectivity index (χ1v) is 4.20. The van der Waals surface area contributed by atoms with Crippen molar-refractivity contribution in [2.75, 3.05) is 20.2 Å². The number of ether oxygens (including phenoxy) is 1. The molecule has 0 saturated heterocycles. The third-order valence-electron chi connectivity index (χ3n) is 1.36. The number of carbonyl (C=O) groups is 2. The van der Waals surface area contributed by atoms with Gasteiger partial charge in [0.2, 0.25) is 0 Å². The lowest BCUT2D eigenvalue weighted by molar-refractivity contribution is -0.158. The summed E-state index contributed by atoms with van der Waals surface area (Å²) in [7, 11) is 1.25. The van der Waals surface area contributed by atoms with Gasteiger partial charge < -0.3 is 9.64 Å². The van der Waals surface area contributed by atoms with Crippen molar-refractivity contribution in [2.45, 2.75) is 6.18 Å². The zero-order valence-electron chi connectivity index (χ0n) is 8.80. The smallest absolute Gasteiger partial charge is 0.445 e. The zero-order valence-corrected chi connectivity index (χ0v) is 8.80. The highest BCUT2D eigenvalue weighted by Gasteiger charge is 2.23. The summed E-state index contributed by atoms with van der Waals surface area (Å²) in [5, 5.41) is 0. The van der Waals surface area contributed by atoms with Gasteiger partial charge in [-0.15, -0.1) is 6.42 Å². The Morgan fingerprint density at radius 3 is 2.47 bits per heavy atom. The number of alkyl halides is 3. The normalized spacial score (nSPS) is 9.59. The van der Waals surface area contributed by atoms with Crippen LogP contribution in [-0.4, -0.2) is 43.2 Å². The van der Waals surface area contributed by atoms with Crippen molar-refractivity contribution in [3.05, 3.63) is 0 Å². The lowest BCUT2D eigenvalue weighted by atomic mass is 10.5. The summed E-state index contributed by atoms with van der Waals surface area (Å²) in [5.41, 5.74) is 0. The Bertz CT molecular complexity index is 398. The number of terminal acetylenes is 1. The lowest BCUT2D eigenvalue weighted by Crippen LogP contribution is -2.34. The molecule has 0 aromatic heterocycles. The third-order valence-corrected chi connectivity index (χ3v) is 1.36. The van der Waals surface area contributed by atoms with Crippen LogP contribution in [0.25, 0.3) is 0 Å². The summed E-state index contributed by atoms with van der Waals surface area (Å²) in [4.78, 5) is 23.0. The number of nitrogens with zero attached hydrogens (tertiary/aromatic N) is 1. The highest BCUT2D eigenvalue weighted by Crippen LogP contribution is 2.11. The number of likely N-dealkylation sites (N-methyl/N-ethyl adjacent to an activating group) is 1. The molecular weight excluding hydrogens is 239 g/mol. The van der Waals surface area contributed by atoms with E-state index in [2.05, 4.69) is 10.7 Å². The van der Waals surface area contributed by atoms with E-state index in [9.17, 15) is 22.8 Å². The molecule has 0 bridgehead atoms. The molecule has 0 fully saturated rings. The molecular formula is C10H8F3NO3. The van der Waals surface area contributed by atoms with Gasteiger partial charge in [-0.1, -0.05) is 11.8 Å². The fourth-order valence-electron chi connectivity index (χ4n) is 0.664. The Hall–Kier alpha value is -2.15. The Labute approximate surface area is 95.7 Å². The average Bonchev–Trinajstić information content (AvgIpc) is 2.22. The Balaban J connectivity index is 4.15. The average molecular weight is 247 g/mol. The molecule has 0 aliphatic carbocycles. The van der Waals surface area contributed by atoms with Crippen LogP contribution in [0.3, 0.4) is 0 Å². The van der Waals surface area contributed by atoms with Crippen molar-refractivity contribution >= 4 is 11.9 Å². The number of amides is 1. The Morgan fingerprint density at radius 2 is 2.00 bits per heavy atom. The molecule has 1 amide bonds. The standard InChI is InChI=1S/C10H8F3NO3/c1-3-6-14(2)8(15)9(16)17-7-4-5-10(11,12)13/h1H,6-7H2,2H3. The summed E-state index contributed by atoms with van der Waals surface area (Å²) >= 11 is 0. The molecule has 0 heterocycles. The highest BCUT2D eigenvalue weighted by molar-refractivity contribution is 6.32. The molecule has 0 rings (SSSR count). The van der Waals surface area contributed by atoms with Gasteiger partial charge in [-0.3, -0.25) is 4.79 Å². The van der Waals surface area contributed by atoms with Crippen LogP contribution < -0.4 is 0 Å². The number of halogens is 3. The second-order valence-electron chi connectivity index (χ2n) is 2.74. The maximum absolute atomic E-state index is 11.6. The Morgan fingerprint density at radius 1 is 1.41 bits per heavy atom. The molecule has 0 spiro atoms. The molecule has 92 valence electrons. The van der Waals surface area contributed by atoms with Crippen molar-refractivity contribution in [3.63, 3.8) is 0 Å². The monoisotopic (exact) mass is 247 g/mol. The minimum absolute atomic E-state index is 0.109. The molecule has 0 aliphatic heterocycles. The number of hydrogen-bond acceptors (Lipinski definition) is 3. The molecule has 0 atom stereocenters. The van der Waals surface area contributed by atoms with Crippen molar-refractivity contribution < 1.29 is 27.5 Å².